The average Bonchev–Trinajstić information content (AvgIpc) is 3.34. The van der Waals surface area contributed by atoms with Crippen LogP contribution in [0.5, 0.6) is 17.2 Å². The van der Waals surface area contributed by atoms with E-state index in [0.717, 1.165) is 31.3 Å². The molecular formula is C27H35N5O4S. The standard InChI is InChI=1S/C27H35N5O4S/c1-6-34-22-16-20(17-23(35-7-2)24(22)36-8-3)25(33)28-26-29-30-27(37-26)32-13-11-31(12-14-32)21-10-9-18(4)15-19(21)5/h9-10,15-17H,6-8,11-14H2,1-5H3,(H,28,29,33). The first-order chi connectivity index (χ1) is 17.9. The quantitative estimate of drug-likeness (QED) is 0.399. The molecule has 1 aliphatic rings. The van der Waals surface area contributed by atoms with E-state index in [4.69, 9.17) is 14.2 Å². The Kier molecular flexibility index (Phi) is 8.70. The second-order valence-corrected chi connectivity index (χ2v) is 9.66. The number of nitrogens with one attached hydrogen (secondary N) is 1. The molecular weight excluding hydrogens is 490 g/mol. The van der Waals surface area contributed by atoms with E-state index in [0.29, 0.717) is 47.8 Å². The lowest BCUT2D eigenvalue weighted by Gasteiger charge is -2.36. The molecule has 4 rings (SSSR count). The Hall–Kier alpha value is -3.53. The topological polar surface area (TPSA) is 89.0 Å². The smallest absolute Gasteiger partial charge is 0.257 e. The number of carbonyl (C=O) groups is 1. The number of aryl methyl sites for hydroxylation is 2. The Morgan fingerprint density at radius 2 is 1.51 bits per heavy atom. The number of hydrogen-bond acceptors (Lipinski definition) is 9. The summed E-state index contributed by atoms with van der Waals surface area (Å²) in [6.45, 7) is 14.7. The molecule has 10 heteroatoms. The number of aromatic nitrogens is 2. The molecule has 1 aliphatic heterocycles. The van der Waals surface area contributed by atoms with Crippen LogP contribution in [0.2, 0.25) is 0 Å². The predicted octanol–water partition coefficient (Wildman–Crippen LogP) is 4.93. The monoisotopic (exact) mass is 525 g/mol. The molecule has 9 nitrogen and oxygen atoms in total. The van der Waals surface area contributed by atoms with Crippen molar-refractivity contribution in [1.29, 1.82) is 0 Å². The molecule has 3 aromatic rings. The molecule has 1 N–H and O–H groups in total. The second kappa shape index (κ2) is 12.1. The highest BCUT2D eigenvalue weighted by Gasteiger charge is 2.23. The first kappa shape index (κ1) is 26.5. The van der Waals surface area contributed by atoms with Gasteiger partial charge >= 0.3 is 0 Å². The highest BCUT2D eigenvalue weighted by Crippen LogP contribution is 2.39. The summed E-state index contributed by atoms with van der Waals surface area (Å²) in [5.74, 6) is 1.13. The molecule has 0 saturated carbocycles. The van der Waals surface area contributed by atoms with Crippen LogP contribution in [0.1, 0.15) is 42.3 Å². The fourth-order valence-corrected chi connectivity index (χ4v) is 5.17. The molecule has 37 heavy (non-hydrogen) atoms. The molecule has 1 amide bonds. The van der Waals surface area contributed by atoms with Crippen molar-refractivity contribution in [2.24, 2.45) is 0 Å². The number of piperazine rings is 1. The predicted molar refractivity (Wildman–Crippen MR) is 148 cm³/mol. The molecule has 0 atom stereocenters. The minimum absolute atomic E-state index is 0.313. The summed E-state index contributed by atoms with van der Waals surface area (Å²) in [6, 6.07) is 9.92. The van der Waals surface area contributed by atoms with E-state index in [1.54, 1.807) is 12.1 Å². The summed E-state index contributed by atoms with van der Waals surface area (Å²) in [5.41, 5.74) is 4.25. The van der Waals surface area contributed by atoms with E-state index in [1.165, 1.54) is 28.2 Å². The van der Waals surface area contributed by atoms with Crippen molar-refractivity contribution in [2.45, 2.75) is 34.6 Å². The molecule has 2 heterocycles. The van der Waals surface area contributed by atoms with Crippen molar-refractivity contribution in [3.63, 3.8) is 0 Å². The zero-order chi connectivity index (χ0) is 26.4. The Labute approximate surface area is 222 Å². The van der Waals surface area contributed by atoms with Gasteiger partial charge in [0, 0.05) is 37.4 Å². The van der Waals surface area contributed by atoms with E-state index in [-0.39, 0.29) is 5.91 Å². The molecule has 0 spiro atoms. The molecule has 2 aromatic carbocycles. The lowest BCUT2D eigenvalue weighted by Crippen LogP contribution is -2.46. The van der Waals surface area contributed by atoms with Crippen molar-refractivity contribution >= 4 is 33.2 Å². The third-order valence-corrected chi connectivity index (χ3v) is 6.95. The molecule has 1 aromatic heterocycles. The Balaban J connectivity index is 1.43. The van der Waals surface area contributed by atoms with Gasteiger partial charge in [0.2, 0.25) is 16.0 Å². The third kappa shape index (κ3) is 6.25. The van der Waals surface area contributed by atoms with Crippen LogP contribution in [-0.4, -0.2) is 62.1 Å². The Bertz CT molecular complexity index is 1200. The highest BCUT2D eigenvalue weighted by molar-refractivity contribution is 7.19. The highest BCUT2D eigenvalue weighted by atomic mass is 32.1. The van der Waals surface area contributed by atoms with E-state index in [1.807, 2.05) is 20.8 Å². The number of carbonyl (C=O) groups excluding carboxylic acids is 1. The van der Waals surface area contributed by atoms with E-state index in [2.05, 4.69) is 57.4 Å². The molecule has 0 unspecified atom stereocenters. The molecule has 1 fully saturated rings. The largest absolute Gasteiger partial charge is 0.490 e. The minimum Gasteiger partial charge on any atom is -0.490 e. The van der Waals surface area contributed by atoms with Crippen LogP contribution in [0.4, 0.5) is 16.0 Å². The second-order valence-electron chi connectivity index (χ2n) is 8.71. The zero-order valence-corrected chi connectivity index (χ0v) is 23.0. The number of nitrogens with zero attached hydrogens (tertiary/aromatic N) is 4. The number of amides is 1. The maximum absolute atomic E-state index is 13.1. The van der Waals surface area contributed by atoms with Gasteiger partial charge in [-0.2, -0.15) is 0 Å². The lowest BCUT2D eigenvalue weighted by molar-refractivity contribution is 0.102. The maximum Gasteiger partial charge on any atom is 0.257 e. The Morgan fingerprint density at radius 3 is 2.11 bits per heavy atom. The van der Waals surface area contributed by atoms with Gasteiger partial charge in [-0.3, -0.25) is 10.1 Å². The van der Waals surface area contributed by atoms with Crippen LogP contribution in [-0.2, 0) is 0 Å². The number of rotatable bonds is 10. The summed E-state index contributed by atoms with van der Waals surface area (Å²) in [4.78, 5) is 17.7. The van der Waals surface area contributed by atoms with Gasteiger partial charge in [0.25, 0.3) is 5.91 Å². The molecule has 0 radical (unpaired) electrons. The van der Waals surface area contributed by atoms with E-state index in [9.17, 15) is 4.79 Å². The van der Waals surface area contributed by atoms with Gasteiger partial charge in [0.1, 0.15) is 0 Å². The van der Waals surface area contributed by atoms with Crippen LogP contribution in [0.25, 0.3) is 0 Å². The summed E-state index contributed by atoms with van der Waals surface area (Å²) in [5, 5.41) is 12.7. The van der Waals surface area contributed by atoms with Crippen LogP contribution in [0, 0.1) is 13.8 Å². The fourth-order valence-electron chi connectivity index (χ4n) is 4.38. The number of hydrogen-bond donors (Lipinski definition) is 1. The zero-order valence-electron chi connectivity index (χ0n) is 22.2. The normalized spacial score (nSPS) is 13.4. The van der Waals surface area contributed by atoms with Gasteiger partial charge in [-0.15, -0.1) is 10.2 Å². The molecule has 198 valence electrons. The number of anilines is 3. The summed E-state index contributed by atoms with van der Waals surface area (Å²) >= 11 is 1.37. The van der Waals surface area contributed by atoms with Crippen LogP contribution in [0.15, 0.2) is 30.3 Å². The summed E-state index contributed by atoms with van der Waals surface area (Å²) in [6.07, 6.45) is 0. The van der Waals surface area contributed by atoms with Crippen molar-refractivity contribution in [1.82, 2.24) is 10.2 Å². The van der Waals surface area contributed by atoms with Crippen molar-refractivity contribution in [2.75, 3.05) is 61.1 Å². The number of benzene rings is 2. The first-order valence-electron chi connectivity index (χ1n) is 12.7. The SMILES string of the molecule is CCOc1cc(C(=O)Nc2nnc(N3CCN(c4ccc(C)cc4C)CC3)s2)cc(OCC)c1OCC. The summed E-state index contributed by atoms with van der Waals surface area (Å²) < 4.78 is 17.2. The summed E-state index contributed by atoms with van der Waals surface area (Å²) in [7, 11) is 0. The fraction of sp³-hybridized carbons (Fsp3) is 0.444. The van der Waals surface area contributed by atoms with E-state index < -0.39 is 0 Å². The van der Waals surface area contributed by atoms with Crippen molar-refractivity contribution < 1.29 is 19.0 Å². The van der Waals surface area contributed by atoms with Crippen LogP contribution in [0.3, 0.4) is 0 Å². The van der Waals surface area contributed by atoms with Gasteiger partial charge in [0.05, 0.1) is 19.8 Å². The lowest BCUT2D eigenvalue weighted by atomic mass is 10.1. The Morgan fingerprint density at radius 1 is 0.892 bits per heavy atom. The third-order valence-electron chi connectivity index (χ3n) is 6.05. The molecule has 1 saturated heterocycles. The van der Waals surface area contributed by atoms with Crippen molar-refractivity contribution in [3.05, 3.63) is 47.0 Å². The van der Waals surface area contributed by atoms with Gasteiger partial charge in [-0.1, -0.05) is 29.0 Å². The average molecular weight is 526 g/mol. The maximum atomic E-state index is 13.1. The van der Waals surface area contributed by atoms with Gasteiger partial charge in [-0.05, 0) is 58.4 Å². The van der Waals surface area contributed by atoms with Crippen LogP contribution < -0.4 is 29.3 Å². The minimum atomic E-state index is -0.313. The van der Waals surface area contributed by atoms with Crippen LogP contribution >= 0.6 is 11.3 Å². The van der Waals surface area contributed by atoms with Gasteiger partial charge in [-0.25, -0.2) is 0 Å². The van der Waals surface area contributed by atoms with E-state index >= 15 is 0 Å². The molecule has 0 aliphatic carbocycles. The van der Waals surface area contributed by atoms with Gasteiger partial charge in [0.15, 0.2) is 11.5 Å². The molecule has 0 bridgehead atoms. The van der Waals surface area contributed by atoms with Gasteiger partial charge < -0.3 is 24.0 Å². The van der Waals surface area contributed by atoms with Crippen molar-refractivity contribution in [3.8, 4) is 17.2 Å². The number of ether oxygens (including phenoxy) is 3. The first-order valence-corrected chi connectivity index (χ1v) is 13.5.